The quantitative estimate of drug-likeness (QED) is 0.0661. The summed E-state index contributed by atoms with van der Waals surface area (Å²) in [5, 5.41) is 33.4. The maximum atomic E-state index is 14.1. The SMILES string of the molecule is Cc1ncsc1-c1ccc(CNC(=O)[C@@H]2C[C@@H](O)CN2C(=O)[C@@H](NC(=O)COC[C@@H]2CNC[C@H](COCCNC(=O)C[C@@H]3N=C(c4ccc(Cl)cc4)c4c(sc(C)c4C)-n4c(C)nnc43)C2)C(C)(C)C)cc1. The molecule has 384 valence electrons. The molecule has 0 radical (unpaired) electrons. The lowest BCUT2D eigenvalue weighted by Gasteiger charge is -2.35. The van der Waals surface area contributed by atoms with Gasteiger partial charge < -0.3 is 40.7 Å². The van der Waals surface area contributed by atoms with Crippen molar-refractivity contribution in [2.24, 2.45) is 22.2 Å². The Balaban J connectivity index is 0.767. The first-order valence-electron chi connectivity index (χ1n) is 24.5. The minimum Gasteiger partial charge on any atom is -0.391 e. The van der Waals surface area contributed by atoms with E-state index in [1.807, 2.05) is 93.2 Å². The van der Waals surface area contributed by atoms with Gasteiger partial charge in [0.25, 0.3) is 0 Å². The Kier molecular flexibility index (Phi) is 17.0. The molecule has 3 aromatic heterocycles. The standard InChI is InChI=1S/C52H65ClN10O7S2/c1-29-31(3)72-51-44(29)45(36-12-14-38(53)15-13-36)58-40(48-61-60-32(4)63(48)51)20-42(65)55-16-17-69-25-34-18-35(22-54-21-34)26-70-27-43(66)59-47(52(5,6)7)50(68)62-24-39(64)19-41(62)49(67)56-23-33-8-10-37(11-9-33)46-30(2)57-28-71-46/h8-15,28,34-35,39-41,47,54,64H,16-27H2,1-7H3,(H,55,65)(H,56,67)(H,59,66)/t34-,35+,39-,40+,41+,47-/m1/s1. The highest BCUT2D eigenvalue weighted by molar-refractivity contribution is 7.15. The number of carbonyl (C=O) groups is 4. The van der Waals surface area contributed by atoms with Crippen LogP contribution in [-0.2, 0) is 35.2 Å². The van der Waals surface area contributed by atoms with Crippen molar-refractivity contribution in [2.45, 2.75) is 98.5 Å². The molecule has 8 rings (SSSR count). The molecule has 5 N–H and O–H groups in total. The molecule has 6 heterocycles. The van der Waals surface area contributed by atoms with Crippen LogP contribution < -0.4 is 21.3 Å². The molecule has 0 bridgehead atoms. The molecule has 17 nitrogen and oxygen atoms in total. The number of piperidine rings is 1. The van der Waals surface area contributed by atoms with Gasteiger partial charge in [0.2, 0.25) is 23.6 Å². The van der Waals surface area contributed by atoms with Gasteiger partial charge in [0.1, 0.15) is 35.6 Å². The lowest BCUT2D eigenvalue weighted by Crippen LogP contribution is -2.58. The summed E-state index contributed by atoms with van der Waals surface area (Å²) in [6.07, 6.45) is 0.122. The van der Waals surface area contributed by atoms with Gasteiger partial charge in [0.15, 0.2) is 5.82 Å². The minimum absolute atomic E-state index is 0.0157. The summed E-state index contributed by atoms with van der Waals surface area (Å²) in [7, 11) is 0. The molecule has 2 fully saturated rings. The number of hydrogen-bond acceptors (Lipinski definition) is 14. The van der Waals surface area contributed by atoms with Crippen LogP contribution in [0.15, 0.2) is 59.0 Å². The van der Waals surface area contributed by atoms with Gasteiger partial charge in [-0.25, -0.2) is 4.98 Å². The van der Waals surface area contributed by atoms with Crippen LogP contribution in [0.4, 0.5) is 0 Å². The van der Waals surface area contributed by atoms with Crippen molar-refractivity contribution in [2.75, 3.05) is 52.6 Å². The van der Waals surface area contributed by atoms with Gasteiger partial charge in [-0.1, -0.05) is 68.8 Å². The number of thiazole rings is 1. The van der Waals surface area contributed by atoms with E-state index in [0.29, 0.717) is 37.2 Å². The van der Waals surface area contributed by atoms with Gasteiger partial charge in [-0.05, 0) is 80.2 Å². The number of β-amino-alcohol motifs (C(OH)–C–C–N with tert-alkyl or cyclic N) is 1. The molecule has 0 saturated carbocycles. The first-order chi connectivity index (χ1) is 34.4. The zero-order valence-electron chi connectivity index (χ0n) is 41.9. The number of thiophene rings is 1. The molecule has 5 aromatic rings. The number of aliphatic hydroxyl groups excluding tert-OH is 1. The minimum atomic E-state index is -0.965. The van der Waals surface area contributed by atoms with Gasteiger partial charge in [-0.2, -0.15) is 0 Å². The van der Waals surface area contributed by atoms with Crippen molar-refractivity contribution in [3.05, 3.63) is 104 Å². The van der Waals surface area contributed by atoms with Crippen molar-refractivity contribution >= 4 is 63.6 Å². The van der Waals surface area contributed by atoms with Crippen molar-refractivity contribution in [1.29, 1.82) is 0 Å². The Bertz CT molecular complexity index is 2770. The third-order valence-electron chi connectivity index (χ3n) is 13.5. The number of fused-ring (bicyclic) bond motifs is 3. The van der Waals surface area contributed by atoms with E-state index in [1.54, 1.807) is 22.7 Å². The summed E-state index contributed by atoms with van der Waals surface area (Å²) in [6.45, 7) is 16.6. The van der Waals surface area contributed by atoms with E-state index in [1.165, 1.54) is 9.78 Å². The normalized spacial score (nSPS) is 20.3. The number of hydrogen-bond donors (Lipinski definition) is 5. The van der Waals surface area contributed by atoms with Crippen LogP contribution in [-0.4, -0.2) is 130 Å². The number of amides is 4. The third-order valence-corrected chi connectivity index (χ3v) is 15.9. The fourth-order valence-corrected chi connectivity index (χ4v) is 11.7. The average Bonchev–Trinajstić information content (AvgIpc) is 4.12. The Morgan fingerprint density at radius 2 is 1.62 bits per heavy atom. The smallest absolute Gasteiger partial charge is 0.246 e. The third kappa shape index (κ3) is 12.5. The Labute approximate surface area is 433 Å². The predicted molar refractivity (Wildman–Crippen MR) is 279 cm³/mol. The molecule has 4 amide bonds. The molecule has 0 unspecified atom stereocenters. The number of benzene rings is 2. The highest BCUT2D eigenvalue weighted by Gasteiger charge is 2.44. The number of aromatic nitrogens is 4. The first-order valence-corrected chi connectivity index (χ1v) is 26.6. The number of rotatable bonds is 18. The largest absolute Gasteiger partial charge is 0.391 e. The number of halogens is 1. The number of aliphatic hydroxyl groups is 1. The van der Waals surface area contributed by atoms with Crippen LogP contribution in [0.25, 0.3) is 15.4 Å². The zero-order valence-corrected chi connectivity index (χ0v) is 44.3. The molecule has 3 aliphatic heterocycles. The summed E-state index contributed by atoms with van der Waals surface area (Å²) in [5.41, 5.74) is 7.84. The van der Waals surface area contributed by atoms with Crippen LogP contribution in [0.3, 0.4) is 0 Å². The topological polar surface area (TPSA) is 214 Å². The van der Waals surface area contributed by atoms with E-state index < -0.39 is 41.5 Å². The number of aliphatic imine (C=N–C) groups is 1. The number of aryl methyl sites for hydroxylation is 3. The molecule has 6 atom stereocenters. The monoisotopic (exact) mass is 1040 g/mol. The van der Waals surface area contributed by atoms with Crippen molar-refractivity contribution in [3.8, 4) is 15.4 Å². The molecule has 20 heteroatoms. The molecule has 2 saturated heterocycles. The fraction of sp³-hybridized carbons (Fsp3) is 0.500. The molecule has 0 aliphatic carbocycles. The Morgan fingerprint density at radius 1 is 0.917 bits per heavy atom. The average molecular weight is 1040 g/mol. The van der Waals surface area contributed by atoms with Crippen LogP contribution in [0, 0.1) is 44.9 Å². The van der Waals surface area contributed by atoms with E-state index >= 15 is 0 Å². The van der Waals surface area contributed by atoms with Crippen molar-refractivity contribution < 1.29 is 33.8 Å². The molecule has 72 heavy (non-hydrogen) atoms. The van der Waals surface area contributed by atoms with E-state index in [0.717, 1.165) is 74.4 Å². The Hall–Kier alpha value is -5.41. The number of carbonyl (C=O) groups excluding carboxylic acids is 4. The second-order valence-electron chi connectivity index (χ2n) is 20.1. The van der Waals surface area contributed by atoms with Crippen LogP contribution >= 0.6 is 34.3 Å². The molecular weight excluding hydrogens is 976 g/mol. The van der Waals surface area contributed by atoms with Crippen LogP contribution in [0.5, 0.6) is 0 Å². The van der Waals surface area contributed by atoms with Gasteiger partial charge >= 0.3 is 0 Å². The van der Waals surface area contributed by atoms with Gasteiger partial charge in [0, 0.05) is 60.2 Å². The van der Waals surface area contributed by atoms with Crippen molar-refractivity contribution in [1.82, 2.24) is 45.9 Å². The van der Waals surface area contributed by atoms with E-state index in [4.69, 9.17) is 26.1 Å². The van der Waals surface area contributed by atoms with Gasteiger partial charge in [0.05, 0.1) is 54.1 Å². The molecular formula is C52H65ClN10O7S2. The lowest BCUT2D eigenvalue weighted by molar-refractivity contribution is -0.144. The number of nitrogens with one attached hydrogen (secondary N) is 4. The number of ether oxygens (including phenoxy) is 2. The fourth-order valence-electron chi connectivity index (χ4n) is 9.58. The van der Waals surface area contributed by atoms with E-state index in [2.05, 4.69) is 50.3 Å². The number of likely N-dealkylation sites (tertiary alicyclic amines) is 1. The van der Waals surface area contributed by atoms with Gasteiger partial charge in [-0.15, -0.1) is 32.9 Å². The highest BCUT2D eigenvalue weighted by Crippen LogP contribution is 2.40. The summed E-state index contributed by atoms with van der Waals surface area (Å²) in [4.78, 5) is 67.6. The maximum Gasteiger partial charge on any atom is 0.246 e. The van der Waals surface area contributed by atoms with Crippen molar-refractivity contribution in [3.63, 3.8) is 0 Å². The highest BCUT2D eigenvalue weighted by atomic mass is 35.5. The van der Waals surface area contributed by atoms with E-state index in [-0.39, 0.29) is 56.2 Å². The van der Waals surface area contributed by atoms with E-state index in [9.17, 15) is 24.3 Å². The van der Waals surface area contributed by atoms with Gasteiger partial charge in [-0.3, -0.25) is 28.7 Å². The second kappa shape index (κ2) is 23.2. The summed E-state index contributed by atoms with van der Waals surface area (Å²) in [6, 6.07) is 13.1. The maximum absolute atomic E-state index is 14.1. The lowest BCUT2D eigenvalue weighted by atomic mass is 9.85. The molecule has 3 aliphatic rings. The molecule has 2 aromatic carbocycles. The zero-order chi connectivity index (χ0) is 51.3. The second-order valence-corrected chi connectivity index (χ2v) is 22.6. The first kappa shape index (κ1) is 52.9. The summed E-state index contributed by atoms with van der Waals surface area (Å²) >= 11 is 9.49. The Morgan fingerprint density at radius 3 is 2.32 bits per heavy atom. The predicted octanol–water partition coefficient (Wildman–Crippen LogP) is 5.81. The summed E-state index contributed by atoms with van der Waals surface area (Å²) in [5.74, 6) is 0.254. The van der Waals surface area contributed by atoms with Crippen LogP contribution in [0.1, 0.15) is 90.5 Å². The van der Waals surface area contributed by atoms with Crippen LogP contribution in [0.2, 0.25) is 5.02 Å². The molecule has 0 spiro atoms. The summed E-state index contributed by atoms with van der Waals surface area (Å²) < 4.78 is 14.0. The number of nitrogens with zero attached hydrogens (tertiary/aromatic N) is 6.